The van der Waals surface area contributed by atoms with Crippen LogP contribution in [0.3, 0.4) is 0 Å². The van der Waals surface area contributed by atoms with E-state index in [2.05, 4.69) is 12.1 Å². The lowest BCUT2D eigenvalue weighted by atomic mass is 9.99. The molecule has 0 spiro atoms. The maximum absolute atomic E-state index is 6.79. The molecule has 2 aromatic rings. The van der Waals surface area contributed by atoms with Crippen LogP contribution >= 0.6 is 11.8 Å². The monoisotopic (exact) mass is 630 g/mol. The molecule has 0 radical (unpaired) electrons. The summed E-state index contributed by atoms with van der Waals surface area (Å²) in [6.07, 6.45) is -3.88. The molecule has 0 N–H and O–H groups in total. The number of benzene rings is 2. The first-order chi connectivity index (χ1) is 21.2. The van der Waals surface area contributed by atoms with Crippen molar-refractivity contribution in [2.45, 2.75) is 112 Å². The van der Waals surface area contributed by atoms with Crippen molar-refractivity contribution in [3.05, 3.63) is 71.8 Å². The molecule has 0 bridgehead atoms. The number of rotatable bonds is 8. The Morgan fingerprint density at radius 1 is 0.750 bits per heavy atom. The highest BCUT2D eigenvalue weighted by Crippen LogP contribution is 2.49. The molecule has 5 saturated heterocycles. The standard InChI is InChI=1S/C33H42O10S/c1-32(2)37-18-22(41-32)24-27(26-30(40-24)43-33(3,4)42-26)44-28-25(35-16-19-12-8-6-9-13-19)23-21(38-31(28)34-5)17-36-29(39-23)20-14-10-7-11-15-20/h6-15,21-31H,16-18H2,1-5H3/t21-,22-,23-,24-,25+,26-,27+,28+,29-,30-,31+/m1/s1. The van der Waals surface area contributed by atoms with E-state index in [1.807, 2.05) is 76.2 Å². The van der Waals surface area contributed by atoms with Gasteiger partial charge in [-0.25, -0.2) is 0 Å². The van der Waals surface area contributed by atoms with Gasteiger partial charge in [-0.1, -0.05) is 60.7 Å². The van der Waals surface area contributed by atoms with Crippen LogP contribution in [0.1, 0.15) is 45.1 Å². The molecule has 11 atom stereocenters. The molecule has 0 aromatic heterocycles. The summed E-state index contributed by atoms with van der Waals surface area (Å²) in [5.74, 6) is -1.49. The van der Waals surface area contributed by atoms with E-state index >= 15 is 0 Å². The van der Waals surface area contributed by atoms with E-state index in [1.165, 1.54) is 0 Å². The molecule has 44 heavy (non-hydrogen) atoms. The van der Waals surface area contributed by atoms with Crippen molar-refractivity contribution >= 4 is 11.8 Å². The van der Waals surface area contributed by atoms with Crippen LogP contribution in [0.4, 0.5) is 0 Å². The van der Waals surface area contributed by atoms with Crippen molar-refractivity contribution in [3.8, 4) is 0 Å². The highest BCUT2D eigenvalue weighted by atomic mass is 32.2. The fraction of sp³-hybridized carbons (Fsp3) is 0.636. The van der Waals surface area contributed by atoms with Crippen molar-refractivity contribution in [2.75, 3.05) is 20.3 Å². The van der Waals surface area contributed by atoms with E-state index in [9.17, 15) is 0 Å². The third kappa shape index (κ3) is 6.34. The van der Waals surface area contributed by atoms with Gasteiger partial charge in [0.25, 0.3) is 0 Å². The van der Waals surface area contributed by atoms with Gasteiger partial charge in [0.1, 0.15) is 36.6 Å². The van der Waals surface area contributed by atoms with Crippen molar-refractivity contribution in [3.63, 3.8) is 0 Å². The summed E-state index contributed by atoms with van der Waals surface area (Å²) < 4.78 is 63.5. The quantitative estimate of drug-likeness (QED) is 0.411. The average Bonchev–Trinajstić information content (AvgIpc) is 3.65. The Hall–Kier alpha value is -1.61. The number of ether oxygens (including phenoxy) is 10. The Morgan fingerprint density at radius 2 is 1.50 bits per heavy atom. The number of hydrogen-bond acceptors (Lipinski definition) is 11. The molecule has 5 fully saturated rings. The number of thioether (sulfide) groups is 1. The molecule has 5 heterocycles. The second-order valence-electron chi connectivity index (χ2n) is 12.7. The van der Waals surface area contributed by atoms with Gasteiger partial charge in [-0.05, 0) is 33.3 Å². The van der Waals surface area contributed by atoms with Gasteiger partial charge < -0.3 is 47.4 Å². The second kappa shape index (κ2) is 12.5. The van der Waals surface area contributed by atoms with E-state index in [-0.39, 0.29) is 34.9 Å². The Labute approximate surface area is 262 Å². The highest BCUT2D eigenvalue weighted by Gasteiger charge is 2.61. The zero-order chi connectivity index (χ0) is 30.5. The molecule has 240 valence electrons. The Morgan fingerprint density at radius 3 is 2.20 bits per heavy atom. The first-order valence-corrected chi connectivity index (χ1v) is 16.3. The molecule has 10 nitrogen and oxygen atoms in total. The first kappa shape index (κ1) is 31.0. The smallest absolute Gasteiger partial charge is 0.188 e. The van der Waals surface area contributed by atoms with Crippen molar-refractivity contribution in [1.82, 2.24) is 0 Å². The van der Waals surface area contributed by atoms with Gasteiger partial charge >= 0.3 is 0 Å². The Kier molecular flexibility index (Phi) is 8.84. The van der Waals surface area contributed by atoms with Gasteiger partial charge in [-0.15, -0.1) is 11.8 Å². The van der Waals surface area contributed by atoms with Crippen LogP contribution in [0.25, 0.3) is 0 Å². The van der Waals surface area contributed by atoms with Crippen LogP contribution in [-0.4, -0.2) is 91.6 Å². The van der Waals surface area contributed by atoms with Gasteiger partial charge in [0.2, 0.25) is 0 Å². The van der Waals surface area contributed by atoms with Crippen LogP contribution < -0.4 is 0 Å². The summed E-state index contributed by atoms with van der Waals surface area (Å²) >= 11 is 1.67. The van der Waals surface area contributed by atoms with Crippen LogP contribution in [0.15, 0.2) is 60.7 Å². The van der Waals surface area contributed by atoms with E-state index < -0.39 is 42.7 Å². The van der Waals surface area contributed by atoms with Gasteiger partial charge in [0, 0.05) is 12.7 Å². The lowest BCUT2D eigenvalue weighted by Gasteiger charge is -2.49. The van der Waals surface area contributed by atoms with Gasteiger partial charge in [0.15, 0.2) is 30.4 Å². The van der Waals surface area contributed by atoms with Crippen LogP contribution in [-0.2, 0) is 54.0 Å². The van der Waals surface area contributed by atoms with Crippen molar-refractivity contribution in [2.24, 2.45) is 0 Å². The predicted octanol–water partition coefficient (Wildman–Crippen LogP) is 4.56. The van der Waals surface area contributed by atoms with Gasteiger partial charge in [-0.3, -0.25) is 0 Å². The summed E-state index contributed by atoms with van der Waals surface area (Å²) in [6.45, 7) is 8.79. The maximum Gasteiger partial charge on any atom is 0.188 e. The fourth-order valence-electron chi connectivity index (χ4n) is 6.63. The van der Waals surface area contributed by atoms with E-state index in [0.29, 0.717) is 19.8 Å². The van der Waals surface area contributed by atoms with Crippen molar-refractivity contribution in [1.29, 1.82) is 0 Å². The molecular formula is C33H42O10S. The normalized spacial score (nSPS) is 40.9. The number of hydrogen-bond donors (Lipinski definition) is 0. The maximum atomic E-state index is 6.79. The lowest BCUT2D eigenvalue weighted by molar-refractivity contribution is -0.337. The summed E-state index contributed by atoms with van der Waals surface area (Å²) in [6, 6.07) is 20.1. The Balaban J connectivity index is 1.19. The first-order valence-electron chi connectivity index (χ1n) is 15.3. The minimum Gasteiger partial charge on any atom is -0.369 e. The SMILES string of the molecule is CO[C@H]1O[C@@H]2CO[C@@H](c3ccccc3)O[C@H]2[C@H](OCc2ccccc2)[C@@H]1S[C@@H]1[C@H]2OC(C)(C)O[C@H]2O[C@@H]1[C@H]1COC(C)(C)O1. The molecule has 5 aliphatic heterocycles. The molecule has 5 aliphatic rings. The predicted molar refractivity (Wildman–Crippen MR) is 159 cm³/mol. The van der Waals surface area contributed by atoms with E-state index in [4.69, 9.17) is 47.4 Å². The van der Waals surface area contributed by atoms with E-state index in [1.54, 1.807) is 18.9 Å². The second-order valence-corrected chi connectivity index (χ2v) is 14.1. The zero-order valence-electron chi connectivity index (χ0n) is 25.7. The van der Waals surface area contributed by atoms with Crippen LogP contribution in [0, 0.1) is 0 Å². The molecule has 7 rings (SSSR count). The average molecular weight is 631 g/mol. The van der Waals surface area contributed by atoms with Crippen LogP contribution in [0.5, 0.6) is 0 Å². The van der Waals surface area contributed by atoms with Crippen molar-refractivity contribution < 1.29 is 47.4 Å². The van der Waals surface area contributed by atoms with Gasteiger partial charge in [0.05, 0.1) is 30.3 Å². The molecule has 0 unspecified atom stereocenters. The number of methoxy groups -OCH3 is 1. The fourth-order valence-corrected chi connectivity index (χ4v) is 8.42. The highest BCUT2D eigenvalue weighted by molar-refractivity contribution is 8.00. The largest absolute Gasteiger partial charge is 0.369 e. The minimum absolute atomic E-state index is 0.195. The molecular weight excluding hydrogens is 588 g/mol. The number of fused-ring (bicyclic) bond motifs is 2. The summed E-state index contributed by atoms with van der Waals surface area (Å²) in [5, 5.41) is -0.503. The summed E-state index contributed by atoms with van der Waals surface area (Å²) in [5.41, 5.74) is 2.01. The molecule has 0 amide bonds. The topological polar surface area (TPSA) is 92.3 Å². The third-order valence-electron chi connectivity index (χ3n) is 8.61. The summed E-state index contributed by atoms with van der Waals surface area (Å²) in [4.78, 5) is 0. The van der Waals surface area contributed by atoms with Crippen LogP contribution in [0.2, 0.25) is 0 Å². The van der Waals surface area contributed by atoms with E-state index in [0.717, 1.165) is 11.1 Å². The molecule has 2 aromatic carbocycles. The molecule has 0 aliphatic carbocycles. The molecule has 0 saturated carbocycles. The Bertz CT molecular complexity index is 1250. The summed E-state index contributed by atoms with van der Waals surface area (Å²) in [7, 11) is 1.66. The lowest BCUT2D eigenvalue weighted by Crippen LogP contribution is -2.62. The zero-order valence-corrected chi connectivity index (χ0v) is 26.6. The van der Waals surface area contributed by atoms with Gasteiger partial charge in [-0.2, -0.15) is 0 Å². The minimum atomic E-state index is -0.782. The molecule has 11 heteroatoms. The third-order valence-corrected chi connectivity index (χ3v) is 10.3.